The molecule has 0 spiro atoms. The predicted molar refractivity (Wildman–Crippen MR) is 111 cm³/mol. The lowest BCUT2D eigenvalue weighted by Crippen LogP contribution is -2.35. The quantitative estimate of drug-likeness (QED) is 0.638. The summed E-state index contributed by atoms with van der Waals surface area (Å²) >= 11 is 0. The smallest absolute Gasteiger partial charge is 0.157 e. The monoisotopic (exact) mass is 360 g/mol. The van der Waals surface area contributed by atoms with Crippen LogP contribution >= 0.6 is 0 Å². The molecule has 0 unspecified atom stereocenters. The lowest BCUT2D eigenvalue weighted by molar-refractivity contribution is 0.435. The summed E-state index contributed by atoms with van der Waals surface area (Å²) in [4.78, 5) is 7.39. The fraction of sp³-hybridized carbons (Fsp3) is 0.478. The Morgan fingerprint density at radius 1 is 1.22 bits per heavy atom. The Kier molecular flexibility index (Phi) is 4.78. The van der Waals surface area contributed by atoms with Crippen molar-refractivity contribution in [1.82, 2.24) is 9.38 Å². The zero-order valence-electron chi connectivity index (χ0n) is 16.6. The van der Waals surface area contributed by atoms with E-state index in [4.69, 9.17) is 4.98 Å². The van der Waals surface area contributed by atoms with Crippen LogP contribution in [0.5, 0.6) is 0 Å². The summed E-state index contributed by atoms with van der Waals surface area (Å²) in [7, 11) is 0. The number of unbranched alkanes of at least 4 members (excludes halogenated alkanes) is 1. The third kappa shape index (κ3) is 2.96. The Bertz CT molecular complexity index is 1020. The first-order valence-corrected chi connectivity index (χ1v) is 10.2. The largest absolute Gasteiger partial charge is 0.357 e. The zero-order chi connectivity index (χ0) is 19.0. The van der Waals surface area contributed by atoms with Gasteiger partial charge < -0.3 is 4.90 Å². The molecule has 3 heterocycles. The topological polar surface area (TPSA) is 44.3 Å². The number of rotatable bonds is 4. The number of nitrogens with zero attached hydrogens (tertiary/aromatic N) is 4. The zero-order valence-corrected chi connectivity index (χ0v) is 16.6. The van der Waals surface area contributed by atoms with Crippen LogP contribution in [-0.2, 0) is 6.42 Å². The van der Waals surface area contributed by atoms with Crippen molar-refractivity contribution < 1.29 is 0 Å². The van der Waals surface area contributed by atoms with Gasteiger partial charge in [0.2, 0.25) is 0 Å². The van der Waals surface area contributed by atoms with E-state index in [1.807, 2.05) is 12.1 Å². The van der Waals surface area contributed by atoms with Gasteiger partial charge in [0, 0.05) is 13.1 Å². The van der Waals surface area contributed by atoms with E-state index in [0.29, 0.717) is 0 Å². The van der Waals surface area contributed by atoms with Gasteiger partial charge in [-0.05, 0) is 61.8 Å². The Hall–Kier alpha value is -2.54. The summed E-state index contributed by atoms with van der Waals surface area (Å²) < 4.78 is 2.27. The molecule has 27 heavy (non-hydrogen) atoms. The number of fused-ring (bicyclic) bond motifs is 3. The third-order valence-corrected chi connectivity index (χ3v) is 6.07. The van der Waals surface area contributed by atoms with Crippen molar-refractivity contribution in [2.24, 2.45) is 5.92 Å². The van der Waals surface area contributed by atoms with Gasteiger partial charge in [-0.15, -0.1) is 0 Å². The van der Waals surface area contributed by atoms with Crippen LogP contribution < -0.4 is 4.90 Å². The van der Waals surface area contributed by atoms with E-state index in [1.165, 1.54) is 24.2 Å². The molecule has 0 bridgehead atoms. The molecule has 0 saturated carbocycles. The van der Waals surface area contributed by atoms with E-state index in [1.54, 1.807) is 0 Å². The molecular weight excluding hydrogens is 332 g/mol. The summed E-state index contributed by atoms with van der Waals surface area (Å²) in [5.41, 5.74) is 6.06. The van der Waals surface area contributed by atoms with Gasteiger partial charge in [0.1, 0.15) is 11.9 Å². The number of aromatic nitrogens is 2. The van der Waals surface area contributed by atoms with Crippen molar-refractivity contribution in [3.8, 4) is 6.07 Å². The summed E-state index contributed by atoms with van der Waals surface area (Å²) in [6.07, 6.45) is 5.75. The van der Waals surface area contributed by atoms with Crippen LogP contribution in [0.1, 0.15) is 56.2 Å². The molecule has 0 N–H and O–H groups in total. The third-order valence-electron chi connectivity index (χ3n) is 6.07. The standard InChI is InChI=1S/C23H28N4/c1-4-5-8-18-17(3)19(15-24)22-25-20-9-6-7-10-21(20)27(22)23(18)26-13-11-16(2)12-14-26/h6-7,9-10,16H,4-5,8,11-14H2,1-3H3. The second-order valence-corrected chi connectivity index (χ2v) is 7.95. The van der Waals surface area contributed by atoms with Crippen LogP contribution in [0.2, 0.25) is 0 Å². The van der Waals surface area contributed by atoms with Crippen molar-refractivity contribution in [1.29, 1.82) is 5.26 Å². The molecule has 0 atom stereocenters. The Balaban J connectivity index is 2.05. The molecule has 2 aromatic heterocycles. The minimum absolute atomic E-state index is 0.728. The highest BCUT2D eigenvalue weighted by Gasteiger charge is 2.26. The van der Waals surface area contributed by atoms with Gasteiger partial charge in [0.25, 0.3) is 0 Å². The molecule has 4 rings (SSSR count). The number of hydrogen-bond acceptors (Lipinski definition) is 3. The van der Waals surface area contributed by atoms with E-state index < -0.39 is 0 Å². The van der Waals surface area contributed by atoms with E-state index in [9.17, 15) is 5.26 Å². The van der Waals surface area contributed by atoms with Gasteiger partial charge in [-0.1, -0.05) is 32.4 Å². The molecular formula is C23H28N4. The number of para-hydroxylation sites is 2. The number of piperidine rings is 1. The Morgan fingerprint density at radius 3 is 2.67 bits per heavy atom. The Morgan fingerprint density at radius 2 is 1.96 bits per heavy atom. The molecule has 0 aliphatic carbocycles. The summed E-state index contributed by atoms with van der Waals surface area (Å²) in [6.45, 7) is 8.84. The first-order valence-electron chi connectivity index (χ1n) is 10.2. The molecule has 140 valence electrons. The van der Waals surface area contributed by atoms with Gasteiger partial charge in [0.15, 0.2) is 5.65 Å². The van der Waals surface area contributed by atoms with E-state index >= 15 is 0 Å². The van der Waals surface area contributed by atoms with Crippen molar-refractivity contribution in [2.45, 2.75) is 52.9 Å². The van der Waals surface area contributed by atoms with Gasteiger partial charge >= 0.3 is 0 Å². The average molecular weight is 361 g/mol. The molecule has 4 heteroatoms. The minimum Gasteiger partial charge on any atom is -0.357 e. The van der Waals surface area contributed by atoms with Crippen LogP contribution in [-0.4, -0.2) is 22.5 Å². The lowest BCUT2D eigenvalue weighted by Gasteiger charge is -2.35. The second kappa shape index (κ2) is 7.23. The van der Waals surface area contributed by atoms with Crippen molar-refractivity contribution in [2.75, 3.05) is 18.0 Å². The molecule has 0 amide bonds. The van der Waals surface area contributed by atoms with Crippen molar-refractivity contribution >= 4 is 22.5 Å². The minimum atomic E-state index is 0.728. The van der Waals surface area contributed by atoms with Crippen LogP contribution in [0, 0.1) is 24.2 Å². The molecule has 0 radical (unpaired) electrons. The number of pyridine rings is 1. The highest BCUT2D eigenvalue weighted by atomic mass is 15.2. The first-order chi connectivity index (χ1) is 13.2. The molecule has 1 fully saturated rings. The maximum Gasteiger partial charge on any atom is 0.157 e. The molecule has 1 aliphatic rings. The van der Waals surface area contributed by atoms with E-state index in [-0.39, 0.29) is 0 Å². The molecule has 1 aliphatic heterocycles. The van der Waals surface area contributed by atoms with E-state index in [0.717, 1.165) is 66.1 Å². The number of hydrogen-bond donors (Lipinski definition) is 0. The summed E-state index contributed by atoms with van der Waals surface area (Å²) in [5.74, 6) is 2.06. The van der Waals surface area contributed by atoms with Crippen LogP contribution in [0.3, 0.4) is 0 Å². The van der Waals surface area contributed by atoms with Crippen molar-refractivity contribution in [3.05, 3.63) is 41.0 Å². The normalized spacial score (nSPS) is 15.6. The molecule has 4 nitrogen and oxygen atoms in total. The van der Waals surface area contributed by atoms with Crippen molar-refractivity contribution in [3.63, 3.8) is 0 Å². The summed E-state index contributed by atoms with van der Waals surface area (Å²) in [6, 6.07) is 10.7. The fourth-order valence-corrected chi connectivity index (χ4v) is 4.37. The highest BCUT2D eigenvalue weighted by Crippen LogP contribution is 2.35. The maximum absolute atomic E-state index is 9.91. The second-order valence-electron chi connectivity index (χ2n) is 7.95. The average Bonchev–Trinajstić information content (AvgIpc) is 3.06. The van der Waals surface area contributed by atoms with Crippen LogP contribution in [0.25, 0.3) is 16.7 Å². The predicted octanol–water partition coefficient (Wildman–Crippen LogP) is 5.25. The van der Waals surface area contributed by atoms with Gasteiger partial charge in [-0.25, -0.2) is 4.98 Å². The Labute approximate surface area is 161 Å². The van der Waals surface area contributed by atoms with Gasteiger partial charge in [-0.3, -0.25) is 4.40 Å². The van der Waals surface area contributed by atoms with Crippen LogP contribution in [0.4, 0.5) is 5.82 Å². The van der Waals surface area contributed by atoms with E-state index in [2.05, 4.69) is 48.3 Å². The molecule has 1 aromatic carbocycles. The highest BCUT2D eigenvalue weighted by molar-refractivity contribution is 5.86. The SMILES string of the molecule is CCCCc1c(C)c(C#N)c2nc3ccccc3n2c1N1CCC(C)CC1. The lowest BCUT2D eigenvalue weighted by atomic mass is 9.96. The van der Waals surface area contributed by atoms with Crippen LogP contribution in [0.15, 0.2) is 24.3 Å². The molecule has 1 saturated heterocycles. The molecule has 3 aromatic rings. The summed E-state index contributed by atoms with van der Waals surface area (Å²) in [5, 5.41) is 9.91. The number of anilines is 1. The first kappa shape index (κ1) is 17.9. The number of nitriles is 1. The number of imidazole rings is 1. The maximum atomic E-state index is 9.91. The van der Waals surface area contributed by atoms with Gasteiger partial charge in [-0.2, -0.15) is 5.26 Å². The van der Waals surface area contributed by atoms with Gasteiger partial charge in [0.05, 0.1) is 16.6 Å². The number of benzene rings is 1. The fourth-order valence-electron chi connectivity index (χ4n) is 4.37.